The van der Waals surface area contributed by atoms with Gasteiger partial charge in [-0.05, 0) is 0 Å². The van der Waals surface area contributed by atoms with E-state index in [-0.39, 0.29) is 60.5 Å². The van der Waals surface area contributed by atoms with Gasteiger partial charge in [-0.15, -0.1) is 0 Å². The van der Waals surface area contributed by atoms with E-state index in [4.69, 9.17) is 0 Å². The molecule has 0 aromatic carbocycles. The quantitative estimate of drug-likeness (QED) is 0.392. The van der Waals surface area contributed by atoms with E-state index in [1.807, 2.05) is 0 Å². The molecular weight excluding hydrogens is 199 g/mol. The number of hydrogen-bond acceptors (Lipinski definition) is 1. The van der Waals surface area contributed by atoms with E-state index in [2.05, 4.69) is 5.32 Å². The Bertz CT molecular complexity index is 54.3. The number of amides is 1. The van der Waals surface area contributed by atoms with E-state index in [1.54, 1.807) is 7.05 Å². The second-order valence-corrected chi connectivity index (χ2v) is 0.806. The molecule has 0 bridgehead atoms. The minimum atomic E-state index is 0. The van der Waals surface area contributed by atoms with Crippen LogP contribution in [0.3, 0.4) is 0 Å². The summed E-state index contributed by atoms with van der Waals surface area (Å²) in [7, 11) is 1.60. The summed E-state index contributed by atoms with van der Waals surface area (Å²) in [5, 5.41) is 2.39. The summed E-state index contributed by atoms with van der Waals surface area (Å²) < 4.78 is 0. The Kier molecular flexibility index (Phi) is 84.2. The van der Waals surface area contributed by atoms with Crippen LogP contribution in [0.2, 0.25) is 0 Å². The predicted molar refractivity (Wildman–Crippen MR) is 25.5 cm³/mol. The normalized spacial score (nSPS) is 3.78. The summed E-state index contributed by atoms with van der Waals surface area (Å²) in [5.41, 5.74) is 0. The molecule has 0 atom stereocenters. The van der Waals surface area contributed by atoms with Gasteiger partial charge < -0.3 is 42.5 Å². The molecule has 0 radical (unpaired) electrons. The number of carbonyl (C=O) groups is 1. The van der Waals surface area contributed by atoms with E-state index in [1.165, 1.54) is 6.92 Å². The van der Waals surface area contributed by atoms with Crippen LogP contribution in [0.25, 0.3) is 0 Å². The van der Waals surface area contributed by atoms with E-state index >= 15 is 0 Å². The van der Waals surface area contributed by atoms with Gasteiger partial charge in [0.2, 0.25) is 5.91 Å². The summed E-state index contributed by atoms with van der Waals surface area (Å²) in [4.78, 5) is 9.70. The van der Waals surface area contributed by atoms with Gasteiger partial charge in [-0.2, -0.15) is 0 Å². The maximum Gasteiger partial charge on any atom is 3.00 e. The van der Waals surface area contributed by atoms with Crippen molar-refractivity contribution >= 4 is 23.3 Å². The number of rotatable bonds is 0. The molecule has 0 saturated heterocycles. The molecule has 0 aliphatic carbocycles. The molecule has 0 heterocycles. The van der Waals surface area contributed by atoms with Gasteiger partial charge in [0.05, 0.1) is 0 Å². The van der Waals surface area contributed by atoms with E-state index in [9.17, 15) is 4.79 Å². The third-order valence-corrected chi connectivity index (χ3v) is 0.352. The minimum Gasteiger partial charge on any atom is -1.00 e. The van der Waals surface area contributed by atoms with Crippen LogP contribution in [0.15, 0.2) is 0 Å². The predicted octanol–water partition coefficient (Wildman–Crippen LogP) is -9.62. The van der Waals surface area contributed by atoms with Gasteiger partial charge in [0, 0.05) is 14.0 Å². The largest absolute Gasteiger partial charge is 3.00 e. The van der Waals surface area contributed by atoms with Crippen LogP contribution in [0.5, 0.6) is 0 Å². The number of nitrogens with one attached hydrogen (secondary N) is 1. The third kappa shape index (κ3) is 50.8. The van der Waals surface area contributed by atoms with Crippen molar-refractivity contribution in [3.8, 4) is 0 Å². The molecule has 0 fully saturated rings. The zero-order chi connectivity index (χ0) is 4.28. The molecule has 9 heavy (non-hydrogen) atoms. The van der Waals surface area contributed by atoms with Crippen LogP contribution >= 0.6 is 0 Å². The van der Waals surface area contributed by atoms with Gasteiger partial charge in [0.1, 0.15) is 0 Å². The summed E-state index contributed by atoms with van der Waals surface area (Å²) in [5.74, 6) is 0.00463. The summed E-state index contributed by atoms with van der Waals surface area (Å²) in [6.07, 6.45) is 0. The number of halogens is 3. The van der Waals surface area contributed by atoms with Crippen molar-refractivity contribution in [2.75, 3.05) is 7.05 Å². The maximum absolute atomic E-state index is 9.70. The molecule has 1 amide bonds. The Morgan fingerprint density at radius 1 is 1.22 bits per heavy atom. The Hall–Kier alpha value is 0.872. The van der Waals surface area contributed by atoms with E-state index in [0.717, 1.165) is 0 Å². The first-order chi connectivity index (χ1) is 2.27. The maximum atomic E-state index is 9.70. The van der Waals surface area contributed by atoms with Gasteiger partial charge in [0.15, 0.2) is 0 Å². The average Bonchev–Trinajstić information content (AvgIpc) is 1.38. The van der Waals surface area contributed by atoms with Crippen molar-refractivity contribution in [3.63, 3.8) is 0 Å². The number of hydrogen-bond donors (Lipinski definition) is 1. The molecular formula is C3H7AlCl3NO. The molecule has 0 saturated carbocycles. The molecule has 0 unspecified atom stereocenters. The van der Waals surface area contributed by atoms with Gasteiger partial charge >= 0.3 is 17.4 Å². The molecule has 0 aromatic heterocycles. The van der Waals surface area contributed by atoms with E-state index < -0.39 is 0 Å². The SMILES string of the molecule is CNC(C)=O.[Al+3].[Cl-].[Cl-].[Cl-]. The fourth-order valence-electron chi connectivity index (χ4n) is 0. The first-order valence-electron chi connectivity index (χ1n) is 1.45. The first-order valence-corrected chi connectivity index (χ1v) is 1.45. The van der Waals surface area contributed by atoms with Crippen LogP contribution < -0.4 is 42.5 Å². The molecule has 6 heteroatoms. The molecule has 0 rings (SSSR count). The van der Waals surface area contributed by atoms with Crippen molar-refractivity contribution in [2.24, 2.45) is 0 Å². The van der Waals surface area contributed by atoms with Crippen LogP contribution in [-0.4, -0.2) is 30.3 Å². The molecule has 0 aliphatic rings. The second-order valence-electron chi connectivity index (χ2n) is 0.806. The second kappa shape index (κ2) is 23.2. The fraction of sp³-hybridized carbons (Fsp3) is 0.667. The standard InChI is InChI=1S/C3H7NO.Al.3ClH/c1-3(5)4-2;;;;/h1-2H3,(H,4,5);;3*1H/q;+3;;;/p-3. The number of carbonyl (C=O) groups excluding carboxylic acids is 1. The van der Waals surface area contributed by atoms with Crippen molar-refractivity contribution in [2.45, 2.75) is 6.92 Å². The third-order valence-electron chi connectivity index (χ3n) is 0.352. The molecule has 0 spiro atoms. The molecule has 2 nitrogen and oxygen atoms in total. The smallest absolute Gasteiger partial charge is 1.00 e. The van der Waals surface area contributed by atoms with Crippen molar-refractivity contribution in [1.29, 1.82) is 0 Å². The Balaban J connectivity index is -0.0000000133. The molecule has 0 aromatic rings. The van der Waals surface area contributed by atoms with Crippen LogP contribution in [0, 0.1) is 0 Å². The Morgan fingerprint density at radius 2 is 1.33 bits per heavy atom. The van der Waals surface area contributed by atoms with Crippen LogP contribution in [0.4, 0.5) is 0 Å². The van der Waals surface area contributed by atoms with Gasteiger partial charge in [0.25, 0.3) is 0 Å². The average molecular weight is 206 g/mol. The first kappa shape index (κ1) is 32.7. The van der Waals surface area contributed by atoms with Gasteiger partial charge in [-0.25, -0.2) is 0 Å². The van der Waals surface area contributed by atoms with E-state index in [0.29, 0.717) is 0 Å². The van der Waals surface area contributed by atoms with Crippen molar-refractivity contribution in [1.82, 2.24) is 5.32 Å². The minimum absolute atomic E-state index is 0. The molecule has 0 aliphatic heterocycles. The van der Waals surface area contributed by atoms with Crippen LogP contribution in [0.1, 0.15) is 6.92 Å². The molecule has 1 N–H and O–H groups in total. The Labute approximate surface area is 84.5 Å². The summed E-state index contributed by atoms with van der Waals surface area (Å²) in [6.45, 7) is 1.47. The van der Waals surface area contributed by atoms with Crippen molar-refractivity contribution < 1.29 is 42.0 Å². The molecule has 54 valence electrons. The van der Waals surface area contributed by atoms with Gasteiger partial charge in [-0.1, -0.05) is 0 Å². The summed E-state index contributed by atoms with van der Waals surface area (Å²) in [6, 6.07) is 0. The summed E-state index contributed by atoms with van der Waals surface area (Å²) >= 11 is 0. The zero-order valence-corrected chi connectivity index (χ0v) is 8.54. The fourth-order valence-corrected chi connectivity index (χ4v) is 0. The van der Waals surface area contributed by atoms with Gasteiger partial charge in [-0.3, -0.25) is 4.79 Å². The monoisotopic (exact) mass is 205 g/mol. The van der Waals surface area contributed by atoms with Crippen LogP contribution in [-0.2, 0) is 4.79 Å². The zero-order valence-electron chi connectivity index (χ0n) is 5.12. The Morgan fingerprint density at radius 3 is 1.33 bits per heavy atom. The van der Waals surface area contributed by atoms with Crippen molar-refractivity contribution in [3.05, 3.63) is 0 Å². The topological polar surface area (TPSA) is 29.1 Å².